The number of esters is 1. The molecule has 0 aliphatic carbocycles. The average molecular weight is 227 g/mol. The van der Waals surface area contributed by atoms with Gasteiger partial charge < -0.3 is 19.8 Å². The third-order valence-electron chi connectivity index (χ3n) is 1.91. The van der Waals surface area contributed by atoms with Gasteiger partial charge in [-0.3, -0.25) is 0 Å². The van der Waals surface area contributed by atoms with Gasteiger partial charge in [-0.15, -0.1) is 0 Å². The third kappa shape index (κ3) is 3.20. The van der Waals surface area contributed by atoms with Crippen LogP contribution in [0.5, 0.6) is 5.75 Å². The Morgan fingerprint density at radius 1 is 1.25 bits per heavy atom. The molecule has 6 nitrogen and oxygen atoms in total. The Hall–Kier alpha value is -1.63. The third-order valence-corrected chi connectivity index (χ3v) is 1.91. The summed E-state index contributed by atoms with van der Waals surface area (Å²) in [6.07, 6.45) is -0.905. The number of nitrogens with two attached hydrogens (primary N) is 1. The van der Waals surface area contributed by atoms with E-state index in [1.807, 2.05) is 0 Å². The van der Waals surface area contributed by atoms with Crippen LogP contribution < -0.4 is 10.7 Å². The van der Waals surface area contributed by atoms with Gasteiger partial charge in [0, 0.05) is 0 Å². The molecule has 0 unspecified atom stereocenters. The molecule has 0 saturated carbocycles. The van der Waals surface area contributed by atoms with Crippen LogP contribution >= 0.6 is 0 Å². The Labute approximate surface area is 92.2 Å². The van der Waals surface area contributed by atoms with Crippen LogP contribution in [-0.4, -0.2) is 35.5 Å². The lowest BCUT2D eigenvalue weighted by molar-refractivity contribution is -0.00545. The summed E-state index contributed by atoms with van der Waals surface area (Å²) in [6.45, 7) is -0.849. The Bertz CT molecular complexity index is 334. The molecule has 88 valence electrons. The number of aliphatic hydroxyl groups is 2. The monoisotopic (exact) mass is 227 g/mol. The van der Waals surface area contributed by atoms with Gasteiger partial charge in [-0.25, -0.2) is 4.79 Å². The molecule has 1 rings (SSSR count). The van der Waals surface area contributed by atoms with Crippen molar-refractivity contribution >= 4 is 5.97 Å². The van der Waals surface area contributed by atoms with Gasteiger partial charge in [0.1, 0.15) is 11.9 Å². The maximum atomic E-state index is 11.5. The van der Waals surface area contributed by atoms with E-state index in [2.05, 4.69) is 4.84 Å². The highest BCUT2D eigenvalue weighted by Gasteiger charge is 2.14. The second-order valence-corrected chi connectivity index (χ2v) is 3.03. The van der Waals surface area contributed by atoms with E-state index in [1.54, 1.807) is 0 Å². The molecule has 0 heterocycles. The summed E-state index contributed by atoms with van der Waals surface area (Å²) < 4.78 is 4.80. The van der Waals surface area contributed by atoms with Crippen molar-refractivity contribution in [3.05, 3.63) is 29.8 Å². The lowest BCUT2D eigenvalue weighted by Crippen LogP contribution is -2.25. The molecule has 16 heavy (non-hydrogen) atoms. The second kappa shape index (κ2) is 6.06. The van der Waals surface area contributed by atoms with E-state index in [4.69, 9.17) is 20.8 Å². The fraction of sp³-hybridized carbons (Fsp3) is 0.300. The van der Waals surface area contributed by atoms with Gasteiger partial charge in [0.2, 0.25) is 0 Å². The molecule has 1 aromatic rings. The molecule has 4 N–H and O–H groups in total. The maximum absolute atomic E-state index is 11.5. The van der Waals surface area contributed by atoms with Crippen molar-refractivity contribution < 1.29 is 24.6 Å². The standard InChI is InChI=1S/C10H13NO5/c11-16-8-3-1-7(2-4-8)10(14)15-9(5-12)6-13/h1-4,9,12-13H,5-6,11H2. The molecule has 0 bridgehead atoms. The average Bonchev–Trinajstić information content (AvgIpc) is 2.35. The first-order valence-corrected chi connectivity index (χ1v) is 4.60. The van der Waals surface area contributed by atoms with E-state index in [9.17, 15) is 4.79 Å². The van der Waals surface area contributed by atoms with E-state index >= 15 is 0 Å². The minimum absolute atomic E-state index is 0.285. The van der Waals surface area contributed by atoms with Crippen molar-refractivity contribution in [2.24, 2.45) is 5.90 Å². The molecule has 1 aromatic carbocycles. The number of aliphatic hydroxyl groups excluding tert-OH is 2. The van der Waals surface area contributed by atoms with Crippen molar-refractivity contribution in [1.82, 2.24) is 0 Å². The molecule has 0 atom stereocenters. The lowest BCUT2D eigenvalue weighted by Gasteiger charge is -2.12. The molecule has 6 heteroatoms. The van der Waals surface area contributed by atoms with Gasteiger partial charge in [0.15, 0.2) is 0 Å². The Morgan fingerprint density at radius 2 is 1.81 bits per heavy atom. The van der Waals surface area contributed by atoms with Crippen LogP contribution in [0, 0.1) is 0 Å². The van der Waals surface area contributed by atoms with E-state index < -0.39 is 25.3 Å². The number of hydrogen-bond donors (Lipinski definition) is 3. The Balaban J connectivity index is 2.65. The maximum Gasteiger partial charge on any atom is 0.338 e. The highest BCUT2D eigenvalue weighted by atomic mass is 16.6. The van der Waals surface area contributed by atoms with Crippen molar-refractivity contribution in [3.63, 3.8) is 0 Å². The fourth-order valence-corrected chi connectivity index (χ4v) is 1.02. The zero-order valence-corrected chi connectivity index (χ0v) is 8.50. The first-order chi connectivity index (χ1) is 7.71. The molecule has 0 aliphatic heterocycles. The SMILES string of the molecule is NOc1ccc(C(=O)OC(CO)CO)cc1. The molecule has 0 amide bonds. The van der Waals surface area contributed by atoms with E-state index in [0.29, 0.717) is 5.75 Å². The van der Waals surface area contributed by atoms with Crippen molar-refractivity contribution in [3.8, 4) is 5.75 Å². The van der Waals surface area contributed by atoms with Crippen molar-refractivity contribution in [2.75, 3.05) is 13.2 Å². The normalized spacial score (nSPS) is 10.2. The Morgan fingerprint density at radius 3 is 2.25 bits per heavy atom. The van der Waals surface area contributed by atoms with Gasteiger partial charge in [0.25, 0.3) is 0 Å². The summed E-state index contributed by atoms with van der Waals surface area (Å²) >= 11 is 0. The number of carbonyl (C=O) groups excluding carboxylic acids is 1. The van der Waals surface area contributed by atoms with Crippen LogP contribution in [0.2, 0.25) is 0 Å². The highest BCUT2D eigenvalue weighted by molar-refractivity contribution is 5.89. The van der Waals surface area contributed by atoms with Crippen LogP contribution in [0.1, 0.15) is 10.4 Å². The number of carbonyl (C=O) groups is 1. The van der Waals surface area contributed by atoms with Crippen LogP contribution in [0.3, 0.4) is 0 Å². The van der Waals surface area contributed by atoms with Gasteiger partial charge >= 0.3 is 5.97 Å². The topological polar surface area (TPSA) is 102 Å². The molecular weight excluding hydrogens is 214 g/mol. The second-order valence-electron chi connectivity index (χ2n) is 3.03. The largest absolute Gasteiger partial charge is 0.454 e. The van der Waals surface area contributed by atoms with Crippen molar-refractivity contribution in [1.29, 1.82) is 0 Å². The summed E-state index contributed by atoms with van der Waals surface area (Å²) in [5.41, 5.74) is 0.285. The quantitative estimate of drug-likeness (QED) is 0.460. The smallest absolute Gasteiger partial charge is 0.338 e. The molecular formula is C10H13NO5. The predicted octanol–water partition coefficient (Wildman–Crippen LogP) is -0.551. The first-order valence-electron chi connectivity index (χ1n) is 4.60. The summed E-state index contributed by atoms with van der Waals surface area (Å²) in [7, 11) is 0. The van der Waals surface area contributed by atoms with E-state index in [-0.39, 0.29) is 5.56 Å². The van der Waals surface area contributed by atoms with Gasteiger partial charge in [0.05, 0.1) is 18.8 Å². The summed E-state index contributed by atoms with van der Waals surface area (Å²) in [5, 5.41) is 17.5. The van der Waals surface area contributed by atoms with E-state index in [1.165, 1.54) is 24.3 Å². The summed E-state index contributed by atoms with van der Waals surface area (Å²) in [4.78, 5) is 15.9. The highest BCUT2D eigenvalue weighted by Crippen LogP contribution is 2.12. The zero-order valence-electron chi connectivity index (χ0n) is 8.50. The summed E-state index contributed by atoms with van der Waals surface area (Å²) in [6, 6.07) is 5.94. The minimum Gasteiger partial charge on any atom is -0.454 e. The van der Waals surface area contributed by atoms with Crippen molar-refractivity contribution in [2.45, 2.75) is 6.10 Å². The number of hydrogen-bond acceptors (Lipinski definition) is 6. The van der Waals surface area contributed by atoms with Gasteiger partial charge in [-0.2, -0.15) is 5.90 Å². The number of rotatable bonds is 5. The van der Waals surface area contributed by atoms with Crippen LogP contribution in [0.15, 0.2) is 24.3 Å². The minimum atomic E-state index is -0.905. The fourth-order valence-electron chi connectivity index (χ4n) is 1.02. The Kier molecular flexibility index (Phi) is 4.71. The van der Waals surface area contributed by atoms with Crippen LogP contribution in [0.25, 0.3) is 0 Å². The van der Waals surface area contributed by atoms with Crippen LogP contribution in [0.4, 0.5) is 0 Å². The van der Waals surface area contributed by atoms with E-state index in [0.717, 1.165) is 0 Å². The first kappa shape index (κ1) is 12.4. The molecule has 0 aromatic heterocycles. The molecule has 0 spiro atoms. The van der Waals surface area contributed by atoms with Gasteiger partial charge in [-0.1, -0.05) is 0 Å². The lowest BCUT2D eigenvalue weighted by atomic mass is 10.2. The molecule has 0 radical (unpaired) electrons. The predicted molar refractivity (Wildman–Crippen MR) is 54.6 cm³/mol. The van der Waals surface area contributed by atoms with Crippen LogP contribution in [-0.2, 0) is 4.74 Å². The molecule has 0 aliphatic rings. The molecule has 0 fully saturated rings. The molecule has 0 saturated heterocycles. The summed E-state index contributed by atoms with van der Waals surface area (Å²) in [5.74, 6) is 4.70. The van der Waals surface area contributed by atoms with Gasteiger partial charge in [-0.05, 0) is 24.3 Å². The zero-order chi connectivity index (χ0) is 12.0. The number of benzene rings is 1. The number of ether oxygens (including phenoxy) is 1.